The first-order chi connectivity index (χ1) is 12.3. The van der Waals surface area contributed by atoms with E-state index >= 15 is 0 Å². The summed E-state index contributed by atoms with van der Waals surface area (Å²) in [4.78, 5) is 27.2. The molecule has 2 atom stereocenters. The van der Waals surface area contributed by atoms with Gasteiger partial charge in [0.15, 0.2) is 0 Å². The van der Waals surface area contributed by atoms with Crippen molar-refractivity contribution in [2.75, 3.05) is 27.2 Å². The third-order valence-corrected chi connectivity index (χ3v) is 7.36. The maximum absolute atomic E-state index is 11.4. The molecule has 0 bridgehead atoms. The number of allylic oxidation sites excluding steroid dienone is 2. The van der Waals surface area contributed by atoms with Gasteiger partial charge in [-0.15, -0.1) is 0 Å². The topological polar surface area (TPSA) is 40.6 Å². The fraction of sp³-hybridized carbons (Fsp3) is 0.818. The Labute approximate surface area is 159 Å². The Morgan fingerprint density at radius 1 is 0.808 bits per heavy atom. The molecule has 3 fully saturated rings. The molecule has 26 heavy (non-hydrogen) atoms. The minimum atomic E-state index is 0.180. The van der Waals surface area contributed by atoms with Crippen LogP contribution in [-0.4, -0.2) is 60.6 Å². The summed E-state index contributed by atoms with van der Waals surface area (Å²) in [5.41, 5.74) is 0.927. The van der Waals surface area contributed by atoms with E-state index in [1.54, 1.807) is 13.8 Å². The monoisotopic (exact) mass is 360 g/mol. The van der Waals surface area contributed by atoms with Crippen molar-refractivity contribution < 1.29 is 9.59 Å². The average molecular weight is 361 g/mol. The molecule has 0 amide bonds. The molecule has 1 saturated carbocycles. The molecule has 2 spiro atoms. The minimum Gasteiger partial charge on any atom is -0.298 e. The highest BCUT2D eigenvalue weighted by molar-refractivity contribution is 5.82. The van der Waals surface area contributed by atoms with Crippen LogP contribution in [0.4, 0.5) is 0 Å². The third-order valence-electron chi connectivity index (χ3n) is 7.36. The van der Waals surface area contributed by atoms with Crippen molar-refractivity contribution in [3.8, 4) is 0 Å². The van der Waals surface area contributed by atoms with Gasteiger partial charge in [0.1, 0.15) is 11.6 Å². The number of likely N-dealkylation sites (tertiary alicyclic amines) is 2. The number of Topliss-reactive ketones (excluding diaryl/α,β-unsaturated/α-hetero) is 2. The van der Waals surface area contributed by atoms with Crippen LogP contribution in [0.25, 0.3) is 0 Å². The maximum atomic E-state index is 11.4. The highest BCUT2D eigenvalue weighted by atomic mass is 16.1. The van der Waals surface area contributed by atoms with Crippen LogP contribution in [0.1, 0.15) is 65.2 Å². The maximum Gasteiger partial charge on any atom is 0.146 e. The van der Waals surface area contributed by atoms with Crippen LogP contribution in [-0.2, 0) is 9.59 Å². The van der Waals surface area contributed by atoms with Crippen molar-refractivity contribution in [3.63, 3.8) is 0 Å². The fourth-order valence-electron chi connectivity index (χ4n) is 5.98. The third kappa shape index (κ3) is 3.96. The van der Waals surface area contributed by atoms with Crippen molar-refractivity contribution in [1.82, 2.24) is 9.80 Å². The van der Waals surface area contributed by atoms with Crippen LogP contribution < -0.4 is 0 Å². The first-order valence-electron chi connectivity index (χ1n) is 10.3. The molecule has 2 aliphatic heterocycles. The Morgan fingerprint density at radius 3 is 1.65 bits per heavy atom. The normalized spacial score (nSPS) is 32.3. The zero-order chi connectivity index (χ0) is 18.9. The van der Waals surface area contributed by atoms with E-state index in [2.05, 4.69) is 36.0 Å². The van der Waals surface area contributed by atoms with Gasteiger partial charge in [-0.25, -0.2) is 0 Å². The first-order valence-corrected chi connectivity index (χ1v) is 10.3. The molecule has 4 nitrogen and oxygen atoms in total. The molecule has 4 aliphatic rings. The van der Waals surface area contributed by atoms with Crippen LogP contribution in [0.3, 0.4) is 0 Å². The van der Waals surface area contributed by atoms with E-state index < -0.39 is 0 Å². The number of hydrogen-bond acceptors (Lipinski definition) is 4. The molecule has 0 aromatic heterocycles. The number of rotatable bonds is 2. The molecule has 0 aromatic rings. The van der Waals surface area contributed by atoms with E-state index in [1.165, 1.54) is 38.5 Å². The Balaban J connectivity index is 0.000000151. The molecular weight excluding hydrogens is 324 g/mol. The lowest BCUT2D eigenvalue weighted by Gasteiger charge is -2.21. The molecule has 4 heteroatoms. The Bertz CT molecular complexity index is 539. The van der Waals surface area contributed by atoms with Gasteiger partial charge in [-0.05, 0) is 77.3 Å². The number of hydrogen-bond donors (Lipinski definition) is 0. The second-order valence-corrected chi connectivity index (χ2v) is 9.58. The molecule has 0 aromatic carbocycles. The molecule has 2 aliphatic carbocycles. The number of carbonyl (C=O) groups excluding carboxylic acids is 2. The summed E-state index contributed by atoms with van der Waals surface area (Å²) in [7, 11) is 4.16. The molecule has 0 N–H and O–H groups in total. The molecule has 0 unspecified atom stereocenters. The predicted octanol–water partition coefficient (Wildman–Crippen LogP) is 3.46. The number of likely N-dealkylation sites (N-methyl/N-ethyl adjacent to an activating group) is 2. The lowest BCUT2D eigenvalue weighted by atomic mass is 9.82. The fourth-order valence-corrected chi connectivity index (χ4v) is 5.98. The number of carbonyl (C=O) groups is 2. The molecular formula is C22H36N2O2. The van der Waals surface area contributed by atoms with E-state index in [4.69, 9.17) is 0 Å². The lowest BCUT2D eigenvalue weighted by Crippen LogP contribution is -2.31. The Kier molecular flexibility index (Phi) is 5.74. The smallest absolute Gasteiger partial charge is 0.146 e. The average Bonchev–Trinajstić information content (AvgIpc) is 3.32. The van der Waals surface area contributed by atoms with Crippen molar-refractivity contribution in [3.05, 3.63) is 12.2 Å². The van der Waals surface area contributed by atoms with Gasteiger partial charge in [-0.1, -0.05) is 25.0 Å². The number of ketones is 2. The van der Waals surface area contributed by atoms with Gasteiger partial charge in [0.2, 0.25) is 0 Å². The van der Waals surface area contributed by atoms with Crippen LogP contribution in [0.15, 0.2) is 12.2 Å². The second kappa shape index (κ2) is 7.55. The summed E-state index contributed by atoms with van der Waals surface area (Å²) in [5, 5.41) is 0. The van der Waals surface area contributed by atoms with Gasteiger partial charge in [-0.2, -0.15) is 0 Å². The van der Waals surface area contributed by atoms with Gasteiger partial charge in [-0.3, -0.25) is 19.4 Å². The summed E-state index contributed by atoms with van der Waals surface area (Å²) in [6.07, 6.45) is 14.5. The van der Waals surface area contributed by atoms with Gasteiger partial charge < -0.3 is 0 Å². The van der Waals surface area contributed by atoms with Crippen LogP contribution >= 0.6 is 0 Å². The Hall–Kier alpha value is -1.00. The zero-order valence-corrected chi connectivity index (χ0v) is 17.1. The Morgan fingerprint density at radius 2 is 1.23 bits per heavy atom. The van der Waals surface area contributed by atoms with Gasteiger partial charge in [0.05, 0.1) is 12.1 Å². The van der Waals surface area contributed by atoms with Gasteiger partial charge in [0, 0.05) is 13.1 Å². The summed E-state index contributed by atoms with van der Waals surface area (Å²) in [5.74, 6) is 0.678. The van der Waals surface area contributed by atoms with E-state index in [-0.39, 0.29) is 12.1 Å². The summed E-state index contributed by atoms with van der Waals surface area (Å²) in [6, 6.07) is 0.401. The van der Waals surface area contributed by atoms with E-state index in [0.29, 0.717) is 22.4 Å². The molecule has 2 saturated heterocycles. The first kappa shape index (κ1) is 19.8. The van der Waals surface area contributed by atoms with E-state index in [9.17, 15) is 9.59 Å². The van der Waals surface area contributed by atoms with Crippen LogP contribution in [0.5, 0.6) is 0 Å². The van der Waals surface area contributed by atoms with Gasteiger partial charge >= 0.3 is 0 Å². The van der Waals surface area contributed by atoms with Crippen molar-refractivity contribution in [2.24, 2.45) is 10.8 Å². The van der Waals surface area contributed by atoms with Crippen molar-refractivity contribution in [1.29, 1.82) is 0 Å². The predicted molar refractivity (Wildman–Crippen MR) is 105 cm³/mol. The largest absolute Gasteiger partial charge is 0.298 e. The van der Waals surface area contributed by atoms with Crippen LogP contribution in [0.2, 0.25) is 0 Å². The van der Waals surface area contributed by atoms with Crippen LogP contribution in [0, 0.1) is 10.8 Å². The standard InChI is InChI=1S/C11H19NO.C11H17NO/c2*1-9(13)10-7-11(8-12(10)2)5-3-4-6-11/h10H,3-8H2,1-2H3;3-4,10H,5-8H2,1-2H3/t2*10-/m00/s1. The van der Waals surface area contributed by atoms with Gasteiger partial charge in [0.25, 0.3) is 0 Å². The quantitative estimate of drug-likeness (QED) is 0.707. The summed E-state index contributed by atoms with van der Waals surface area (Å²) >= 11 is 0. The highest BCUT2D eigenvalue weighted by Crippen LogP contribution is 2.47. The SMILES string of the molecule is CC(=O)[C@@H]1CC2(CC=CC2)CN1C.CC(=O)[C@@H]1CC2(CCCC2)CN1C. The van der Waals surface area contributed by atoms with Crippen molar-refractivity contribution in [2.45, 2.75) is 77.3 Å². The molecule has 4 rings (SSSR count). The number of nitrogens with zero attached hydrogens (tertiary/aromatic N) is 2. The van der Waals surface area contributed by atoms with Crippen molar-refractivity contribution >= 4 is 11.6 Å². The minimum absolute atomic E-state index is 0.180. The van der Waals surface area contributed by atoms with E-state index in [0.717, 1.165) is 25.9 Å². The zero-order valence-electron chi connectivity index (χ0n) is 17.1. The molecule has 146 valence electrons. The lowest BCUT2D eigenvalue weighted by molar-refractivity contribution is -0.121. The summed E-state index contributed by atoms with van der Waals surface area (Å²) in [6.45, 7) is 5.68. The second-order valence-electron chi connectivity index (χ2n) is 9.58. The highest BCUT2D eigenvalue weighted by Gasteiger charge is 2.45. The molecule has 2 heterocycles. The summed E-state index contributed by atoms with van der Waals surface area (Å²) < 4.78 is 0. The molecule has 0 radical (unpaired) electrons. The van der Waals surface area contributed by atoms with E-state index in [1.807, 2.05) is 0 Å².